The summed E-state index contributed by atoms with van der Waals surface area (Å²) >= 11 is 2.19. The minimum Gasteiger partial charge on any atom is -0.462 e. The molecule has 11 nitrogen and oxygen atoms in total. The van der Waals surface area contributed by atoms with E-state index >= 15 is 0 Å². The van der Waals surface area contributed by atoms with Crippen molar-refractivity contribution < 1.29 is 14.3 Å². The number of hydrogen-bond acceptors (Lipinski definition) is 9. The van der Waals surface area contributed by atoms with E-state index in [1.165, 1.54) is 11.6 Å². The number of anilines is 1. The fourth-order valence-corrected chi connectivity index (χ4v) is 4.69. The highest BCUT2D eigenvalue weighted by atomic mass is 32.2. The first-order valence-corrected chi connectivity index (χ1v) is 11.2. The lowest BCUT2D eigenvalue weighted by molar-refractivity contribution is -0.113. The maximum Gasteiger partial charge on any atom is 0.350 e. The Hall–Kier alpha value is -2.93. The molecule has 0 aliphatic rings. The van der Waals surface area contributed by atoms with E-state index in [0.717, 1.165) is 27.7 Å². The smallest absolute Gasteiger partial charge is 0.350 e. The molecule has 3 aromatic rings. The van der Waals surface area contributed by atoms with Gasteiger partial charge in [-0.05, 0) is 20.8 Å². The lowest BCUT2D eigenvalue weighted by Gasteiger charge is -2.06. The maximum atomic E-state index is 12.6. The van der Waals surface area contributed by atoms with Crippen molar-refractivity contribution in [2.24, 2.45) is 14.1 Å². The van der Waals surface area contributed by atoms with E-state index in [1.54, 1.807) is 25.5 Å². The van der Waals surface area contributed by atoms with Gasteiger partial charge in [-0.2, -0.15) is 0 Å². The van der Waals surface area contributed by atoms with Gasteiger partial charge in [0.05, 0.1) is 18.1 Å². The van der Waals surface area contributed by atoms with Gasteiger partial charge >= 0.3 is 11.7 Å². The van der Waals surface area contributed by atoms with Crippen LogP contribution in [0.15, 0.2) is 14.7 Å². The van der Waals surface area contributed by atoms with Gasteiger partial charge < -0.3 is 14.6 Å². The molecule has 0 unspecified atom stereocenters. The molecule has 0 aliphatic heterocycles. The van der Waals surface area contributed by atoms with E-state index in [-0.39, 0.29) is 23.9 Å². The summed E-state index contributed by atoms with van der Waals surface area (Å²) in [6.07, 6.45) is 0. The predicted molar refractivity (Wildman–Crippen MR) is 118 cm³/mol. The first-order chi connectivity index (χ1) is 14.7. The van der Waals surface area contributed by atoms with Crippen molar-refractivity contribution in [1.29, 1.82) is 0 Å². The Morgan fingerprint density at radius 2 is 1.87 bits per heavy atom. The fourth-order valence-electron chi connectivity index (χ4n) is 2.95. The number of aromatic nitrogens is 5. The Kier molecular flexibility index (Phi) is 6.65. The topological polar surface area (TPSA) is 130 Å². The Morgan fingerprint density at radius 1 is 1.16 bits per heavy atom. The van der Waals surface area contributed by atoms with E-state index < -0.39 is 17.2 Å². The van der Waals surface area contributed by atoms with E-state index in [4.69, 9.17) is 4.74 Å². The van der Waals surface area contributed by atoms with E-state index in [1.807, 2.05) is 6.92 Å². The molecule has 166 valence electrons. The van der Waals surface area contributed by atoms with Crippen molar-refractivity contribution in [1.82, 2.24) is 23.7 Å². The summed E-state index contributed by atoms with van der Waals surface area (Å²) < 4.78 is 9.00. The van der Waals surface area contributed by atoms with E-state index in [0.29, 0.717) is 32.9 Å². The van der Waals surface area contributed by atoms with E-state index in [2.05, 4.69) is 15.3 Å². The Labute approximate surface area is 185 Å². The zero-order chi connectivity index (χ0) is 22.9. The second-order valence-corrected chi connectivity index (χ2v) is 8.45. The summed E-state index contributed by atoms with van der Waals surface area (Å²) in [5.41, 5.74) is 0.158. The van der Waals surface area contributed by atoms with Gasteiger partial charge in [-0.3, -0.25) is 18.7 Å². The Balaban J connectivity index is 1.79. The maximum absolute atomic E-state index is 12.6. The minimum absolute atomic E-state index is 0.00491. The normalized spacial score (nSPS) is 11.1. The molecule has 0 aliphatic carbocycles. The first-order valence-electron chi connectivity index (χ1n) is 9.42. The molecule has 0 bridgehead atoms. The van der Waals surface area contributed by atoms with Gasteiger partial charge in [0.25, 0.3) is 5.56 Å². The second kappa shape index (κ2) is 9.06. The number of carbonyl (C=O) groups excluding carboxylic acids is 2. The van der Waals surface area contributed by atoms with Gasteiger partial charge in [0, 0.05) is 20.6 Å². The molecule has 0 saturated heterocycles. The molecule has 1 N–H and O–H groups in total. The quantitative estimate of drug-likeness (QED) is 0.405. The van der Waals surface area contributed by atoms with Crippen molar-refractivity contribution in [3.63, 3.8) is 0 Å². The highest BCUT2D eigenvalue weighted by Gasteiger charge is 2.20. The van der Waals surface area contributed by atoms with Crippen molar-refractivity contribution in [2.75, 3.05) is 17.7 Å². The number of rotatable bonds is 7. The lowest BCUT2D eigenvalue weighted by Crippen LogP contribution is -2.37. The molecule has 0 fully saturated rings. The number of carbonyl (C=O) groups is 2. The van der Waals surface area contributed by atoms with Crippen LogP contribution >= 0.6 is 23.1 Å². The zero-order valence-electron chi connectivity index (χ0n) is 17.7. The van der Waals surface area contributed by atoms with E-state index in [9.17, 15) is 19.2 Å². The highest BCUT2D eigenvalue weighted by Crippen LogP contribution is 2.25. The van der Waals surface area contributed by atoms with Crippen molar-refractivity contribution in [3.05, 3.63) is 31.4 Å². The standard InChI is InChI=1S/C18H22N6O5S2/c1-6-24-11-13(22(4)18(28)23(5)14(11)26)21-17(24)30-8-10(25)20-16-19-9(3)12(31-16)15(27)29-7-2/h6-8H2,1-5H3,(H,19,20,25). The van der Waals surface area contributed by atoms with Gasteiger partial charge in [-0.1, -0.05) is 23.1 Å². The third-order valence-corrected chi connectivity index (χ3v) is 6.49. The van der Waals surface area contributed by atoms with Gasteiger partial charge in [0.1, 0.15) is 4.88 Å². The number of fused-ring (bicyclic) bond motifs is 1. The molecule has 1 amide bonds. The molecule has 31 heavy (non-hydrogen) atoms. The molecule has 13 heteroatoms. The number of imidazole rings is 1. The summed E-state index contributed by atoms with van der Waals surface area (Å²) in [4.78, 5) is 58.0. The van der Waals surface area contributed by atoms with Crippen LogP contribution in [0, 0.1) is 6.92 Å². The number of thiazole rings is 1. The van der Waals surface area contributed by atoms with Crippen LogP contribution in [0.1, 0.15) is 29.2 Å². The monoisotopic (exact) mass is 466 g/mol. The number of esters is 1. The number of hydrogen-bond donors (Lipinski definition) is 1. The molecule has 0 saturated carbocycles. The van der Waals surface area contributed by atoms with Crippen LogP contribution in [0.25, 0.3) is 11.2 Å². The summed E-state index contributed by atoms with van der Waals surface area (Å²) in [5.74, 6) is -0.813. The lowest BCUT2D eigenvalue weighted by atomic mass is 10.4. The number of nitrogens with zero attached hydrogens (tertiary/aromatic N) is 5. The molecular weight excluding hydrogens is 444 g/mol. The minimum atomic E-state index is -0.476. The average Bonchev–Trinajstić information content (AvgIpc) is 3.29. The third kappa shape index (κ3) is 4.28. The third-order valence-electron chi connectivity index (χ3n) is 4.47. The molecule has 0 aromatic carbocycles. The van der Waals surface area contributed by atoms with Crippen LogP contribution < -0.4 is 16.6 Å². The molecule has 3 heterocycles. The van der Waals surface area contributed by atoms with Crippen LogP contribution in [0.2, 0.25) is 0 Å². The number of thioether (sulfide) groups is 1. The molecular formula is C18H22N6O5S2. The number of aryl methyl sites for hydroxylation is 3. The van der Waals surface area contributed by atoms with Crippen LogP contribution in [-0.2, 0) is 30.2 Å². The molecule has 0 spiro atoms. The van der Waals surface area contributed by atoms with Crippen LogP contribution in [0.3, 0.4) is 0 Å². The van der Waals surface area contributed by atoms with Crippen LogP contribution in [0.5, 0.6) is 0 Å². The molecule has 3 rings (SSSR count). The number of amides is 1. The summed E-state index contributed by atoms with van der Waals surface area (Å²) in [6, 6.07) is 0. The average molecular weight is 467 g/mol. The van der Waals surface area contributed by atoms with Crippen LogP contribution in [-0.4, -0.2) is 47.9 Å². The molecule has 3 aromatic heterocycles. The molecule has 0 radical (unpaired) electrons. The second-order valence-electron chi connectivity index (χ2n) is 6.51. The van der Waals surface area contributed by atoms with Crippen LogP contribution in [0.4, 0.5) is 5.13 Å². The summed E-state index contributed by atoms with van der Waals surface area (Å²) in [7, 11) is 2.96. The van der Waals surface area contributed by atoms with Gasteiger partial charge in [-0.25, -0.2) is 19.6 Å². The SMILES string of the molecule is CCOC(=O)c1sc(NC(=O)CSc2nc3c(c(=O)n(C)c(=O)n3C)n2CC)nc1C. The molecule has 0 atom stereocenters. The summed E-state index contributed by atoms with van der Waals surface area (Å²) in [5, 5.41) is 3.41. The first kappa shape index (κ1) is 22.7. The summed E-state index contributed by atoms with van der Waals surface area (Å²) in [6.45, 7) is 5.93. The van der Waals surface area contributed by atoms with Crippen molar-refractivity contribution >= 4 is 51.3 Å². The van der Waals surface area contributed by atoms with Crippen molar-refractivity contribution in [2.45, 2.75) is 32.5 Å². The Bertz CT molecular complexity index is 1290. The zero-order valence-corrected chi connectivity index (χ0v) is 19.3. The largest absolute Gasteiger partial charge is 0.462 e. The Morgan fingerprint density at radius 3 is 2.52 bits per heavy atom. The number of nitrogens with one attached hydrogen (secondary N) is 1. The van der Waals surface area contributed by atoms with Crippen molar-refractivity contribution in [3.8, 4) is 0 Å². The van der Waals surface area contributed by atoms with Gasteiger partial charge in [0.15, 0.2) is 21.5 Å². The van der Waals surface area contributed by atoms with Gasteiger partial charge in [0.2, 0.25) is 5.91 Å². The number of ether oxygens (including phenoxy) is 1. The fraction of sp³-hybridized carbons (Fsp3) is 0.444. The highest BCUT2D eigenvalue weighted by molar-refractivity contribution is 7.99. The van der Waals surface area contributed by atoms with Gasteiger partial charge in [-0.15, -0.1) is 0 Å². The predicted octanol–water partition coefficient (Wildman–Crippen LogP) is 1.13.